The van der Waals surface area contributed by atoms with E-state index >= 15 is 0 Å². The molecule has 1 aliphatic rings. The normalized spacial score (nSPS) is 15.6. The number of aliphatic hydroxyl groups is 1. The number of nitrogens with zero attached hydrogens (tertiary/aromatic N) is 1. The summed E-state index contributed by atoms with van der Waals surface area (Å²) in [5.74, 6) is -0.915. The van der Waals surface area contributed by atoms with E-state index in [1.807, 2.05) is 0 Å². The lowest BCUT2D eigenvalue weighted by molar-refractivity contribution is -0.244. The lowest BCUT2D eigenvalue weighted by Gasteiger charge is -2.28. The van der Waals surface area contributed by atoms with Gasteiger partial charge >= 0.3 is 6.18 Å². The Morgan fingerprint density at radius 1 is 0.857 bits per heavy atom. The summed E-state index contributed by atoms with van der Waals surface area (Å²) in [7, 11) is 0. The molecular weight excluding hydrogens is 526 g/mol. The molecule has 3 aromatic rings. The number of halogens is 6. The smallest absolute Gasteiger partial charge is 0.373 e. The molecule has 0 fully saturated rings. The second-order valence-corrected chi connectivity index (χ2v) is 9.13. The van der Waals surface area contributed by atoms with E-state index < -0.39 is 29.2 Å². The van der Waals surface area contributed by atoms with Crippen LogP contribution in [0.2, 0.25) is 15.1 Å². The molecule has 0 aliphatic carbocycles. The molecule has 0 spiro atoms. The number of fused-ring (bicyclic) bond motifs is 1. The molecule has 1 unspecified atom stereocenters. The van der Waals surface area contributed by atoms with E-state index in [0.29, 0.717) is 22.8 Å². The number of carbonyl (C=O) groups excluding carboxylic acids is 2. The zero-order valence-electron chi connectivity index (χ0n) is 17.6. The summed E-state index contributed by atoms with van der Waals surface area (Å²) in [5.41, 5.74) is -2.66. The molecule has 4 rings (SSSR count). The van der Waals surface area contributed by atoms with Crippen molar-refractivity contribution in [1.29, 1.82) is 0 Å². The first-order valence-electron chi connectivity index (χ1n) is 10.1. The maximum atomic E-state index is 13.8. The van der Waals surface area contributed by atoms with Gasteiger partial charge in [0.05, 0.1) is 17.7 Å². The Morgan fingerprint density at radius 3 is 1.94 bits per heavy atom. The predicted molar refractivity (Wildman–Crippen MR) is 128 cm³/mol. The molecule has 3 aromatic carbocycles. The molecule has 10 heteroatoms. The van der Waals surface area contributed by atoms with Gasteiger partial charge in [-0.25, -0.2) is 0 Å². The van der Waals surface area contributed by atoms with Crippen LogP contribution in [0.1, 0.15) is 37.4 Å². The number of alkyl halides is 3. The lowest BCUT2D eigenvalue weighted by atomic mass is 9.91. The summed E-state index contributed by atoms with van der Waals surface area (Å²) in [6, 6.07) is 13.9. The van der Waals surface area contributed by atoms with Crippen LogP contribution in [0, 0.1) is 0 Å². The number of benzene rings is 3. The van der Waals surface area contributed by atoms with Gasteiger partial charge in [-0.2, -0.15) is 13.2 Å². The van der Waals surface area contributed by atoms with E-state index in [4.69, 9.17) is 34.8 Å². The second kappa shape index (κ2) is 9.32. The fourth-order valence-corrected chi connectivity index (χ4v) is 4.47. The van der Waals surface area contributed by atoms with Gasteiger partial charge < -0.3 is 5.11 Å². The number of rotatable bonds is 5. The van der Waals surface area contributed by atoms with Crippen molar-refractivity contribution in [2.24, 2.45) is 0 Å². The van der Waals surface area contributed by atoms with Gasteiger partial charge in [-0.05, 0) is 59.2 Å². The molecule has 35 heavy (non-hydrogen) atoms. The Morgan fingerprint density at radius 2 is 1.43 bits per heavy atom. The van der Waals surface area contributed by atoms with E-state index in [1.54, 1.807) is 24.3 Å². The van der Waals surface area contributed by atoms with Crippen LogP contribution in [0.25, 0.3) is 6.08 Å². The SMILES string of the molecule is O=C1c2ccccc2C(=O)N1Cc1ccc(C=CC(O)(c2cc(Cl)cc(Cl)c2)C(F)(F)F)cc1Cl. The highest BCUT2D eigenvalue weighted by atomic mass is 35.5. The van der Waals surface area contributed by atoms with E-state index in [1.165, 1.54) is 24.3 Å². The van der Waals surface area contributed by atoms with Crippen molar-refractivity contribution < 1.29 is 27.9 Å². The van der Waals surface area contributed by atoms with Gasteiger partial charge in [0.1, 0.15) is 0 Å². The molecule has 0 saturated carbocycles. The van der Waals surface area contributed by atoms with Gasteiger partial charge in [0.2, 0.25) is 5.60 Å². The molecule has 0 aromatic heterocycles. The van der Waals surface area contributed by atoms with Crippen molar-refractivity contribution in [2.75, 3.05) is 0 Å². The van der Waals surface area contributed by atoms with Crippen molar-refractivity contribution in [3.63, 3.8) is 0 Å². The topological polar surface area (TPSA) is 57.6 Å². The Balaban J connectivity index is 1.60. The highest BCUT2D eigenvalue weighted by Crippen LogP contribution is 2.42. The first kappa shape index (κ1) is 25.3. The first-order chi connectivity index (χ1) is 16.4. The summed E-state index contributed by atoms with van der Waals surface area (Å²) in [6.07, 6.45) is -3.45. The molecule has 1 aliphatic heterocycles. The summed E-state index contributed by atoms with van der Waals surface area (Å²) in [6.45, 7) is -0.108. The number of hydrogen-bond acceptors (Lipinski definition) is 3. The first-order valence-corrected chi connectivity index (χ1v) is 11.2. The lowest BCUT2D eigenvalue weighted by Crippen LogP contribution is -2.40. The molecule has 0 bridgehead atoms. The van der Waals surface area contributed by atoms with Crippen LogP contribution in [-0.2, 0) is 12.1 Å². The van der Waals surface area contributed by atoms with Gasteiger partial charge in [0.25, 0.3) is 11.8 Å². The van der Waals surface area contributed by atoms with E-state index in [0.717, 1.165) is 23.1 Å². The van der Waals surface area contributed by atoms with Crippen LogP contribution in [0.4, 0.5) is 13.2 Å². The monoisotopic (exact) mass is 539 g/mol. The van der Waals surface area contributed by atoms with E-state index in [2.05, 4.69) is 0 Å². The molecule has 1 heterocycles. The average molecular weight is 541 g/mol. The number of carbonyl (C=O) groups is 2. The molecule has 1 N–H and O–H groups in total. The molecule has 2 amide bonds. The van der Waals surface area contributed by atoms with Gasteiger partial charge in [-0.1, -0.05) is 65.1 Å². The van der Waals surface area contributed by atoms with Crippen LogP contribution >= 0.6 is 34.8 Å². The highest BCUT2D eigenvalue weighted by Gasteiger charge is 2.53. The molecule has 0 radical (unpaired) electrons. The van der Waals surface area contributed by atoms with Crippen molar-refractivity contribution >= 4 is 52.7 Å². The third-order valence-corrected chi connectivity index (χ3v) is 6.32. The number of hydrogen-bond donors (Lipinski definition) is 1. The zero-order chi connectivity index (χ0) is 25.5. The quantitative estimate of drug-likeness (QED) is 0.358. The number of amides is 2. The minimum atomic E-state index is -5.08. The van der Waals surface area contributed by atoms with E-state index in [9.17, 15) is 27.9 Å². The van der Waals surface area contributed by atoms with Crippen molar-refractivity contribution in [3.8, 4) is 0 Å². The average Bonchev–Trinajstić information content (AvgIpc) is 3.02. The molecular formula is C25H15Cl3F3NO3. The maximum Gasteiger partial charge on any atom is 0.425 e. The molecule has 4 nitrogen and oxygen atoms in total. The highest BCUT2D eigenvalue weighted by molar-refractivity contribution is 6.34. The fourth-order valence-electron chi connectivity index (χ4n) is 3.69. The maximum absolute atomic E-state index is 13.8. The van der Waals surface area contributed by atoms with Gasteiger partial charge in [0.15, 0.2) is 0 Å². The Kier molecular flexibility index (Phi) is 6.72. The standard InChI is InChI=1S/C25H15Cl3F3NO3/c26-17-10-16(11-18(27)12-17)24(35,25(29,30)31)8-7-14-5-6-15(21(28)9-14)13-32-22(33)19-3-1-2-4-20(19)23(32)34/h1-12,35H,13H2. The van der Waals surface area contributed by atoms with Crippen LogP contribution < -0.4 is 0 Å². The minimum absolute atomic E-state index is 0.0656. The van der Waals surface area contributed by atoms with Crippen LogP contribution in [0.15, 0.2) is 66.7 Å². The van der Waals surface area contributed by atoms with Crippen molar-refractivity contribution in [2.45, 2.75) is 18.3 Å². The molecule has 0 saturated heterocycles. The predicted octanol–water partition coefficient (Wildman–Crippen LogP) is 6.91. The third kappa shape index (κ3) is 4.82. The van der Waals surface area contributed by atoms with E-state index in [-0.39, 0.29) is 27.2 Å². The summed E-state index contributed by atoms with van der Waals surface area (Å²) in [5, 5.41) is 10.5. The van der Waals surface area contributed by atoms with Gasteiger partial charge in [-0.15, -0.1) is 0 Å². The van der Waals surface area contributed by atoms with Crippen LogP contribution in [0.5, 0.6) is 0 Å². The second-order valence-electron chi connectivity index (χ2n) is 7.85. The summed E-state index contributed by atoms with van der Waals surface area (Å²) in [4.78, 5) is 26.2. The summed E-state index contributed by atoms with van der Waals surface area (Å²) < 4.78 is 41.5. The third-order valence-electron chi connectivity index (χ3n) is 5.54. The zero-order valence-corrected chi connectivity index (χ0v) is 19.9. The van der Waals surface area contributed by atoms with Crippen molar-refractivity contribution in [3.05, 3.63) is 110 Å². The van der Waals surface area contributed by atoms with Gasteiger partial charge in [-0.3, -0.25) is 14.5 Å². The largest absolute Gasteiger partial charge is 0.425 e. The Labute approximate surface area is 213 Å². The number of imide groups is 1. The Bertz CT molecular complexity index is 1320. The Hall–Kier alpha value is -2.84. The van der Waals surface area contributed by atoms with Crippen LogP contribution in [-0.4, -0.2) is 28.0 Å². The molecule has 180 valence electrons. The summed E-state index contributed by atoms with van der Waals surface area (Å²) >= 11 is 18.0. The molecule has 1 atom stereocenters. The van der Waals surface area contributed by atoms with Gasteiger partial charge in [0, 0.05) is 15.1 Å². The minimum Gasteiger partial charge on any atom is -0.373 e. The van der Waals surface area contributed by atoms with Crippen LogP contribution in [0.3, 0.4) is 0 Å². The fraction of sp³-hybridized carbons (Fsp3) is 0.120. The van der Waals surface area contributed by atoms with Crippen molar-refractivity contribution in [1.82, 2.24) is 4.90 Å².